The van der Waals surface area contributed by atoms with Crippen molar-refractivity contribution in [1.29, 1.82) is 0 Å². The van der Waals surface area contributed by atoms with E-state index in [9.17, 15) is 13.2 Å². The van der Waals surface area contributed by atoms with E-state index in [1.54, 1.807) is 20.2 Å². The van der Waals surface area contributed by atoms with Crippen LogP contribution in [0.5, 0.6) is 0 Å². The first-order valence-corrected chi connectivity index (χ1v) is 8.57. The lowest BCUT2D eigenvalue weighted by Crippen LogP contribution is -2.55. The molecule has 2 heterocycles. The van der Waals surface area contributed by atoms with Crippen molar-refractivity contribution >= 4 is 15.9 Å². The van der Waals surface area contributed by atoms with Gasteiger partial charge in [-0.2, -0.15) is 0 Å². The van der Waals surface area contributed by atoms with Crippen molar-refractivity contribution in [3.8, 4) is 0 Å². The van der Waals surface area contributed by atoms with Gasteiger partial charge in [-0.05, 0) is 13.8 Å². The predicted molar refractivity (Wildman–Crippen MR) is 78.0 cm³/mol. The molecule has 1 amide bonds. The summed E-state index contributed by atoms with van der Waals surface area (Å²) in [6.45, 7) is 4.21. The van der Waals surface area contributed by atoms with E-state index in [-0.39, 0.29) is 18.5 Å². The molecule has 1 aliphatic heterocycles. The van der Waals surface area contributed by atoms with E-state index in [1.807, 2.05) is 0 Å². The molecule has 0 aliphatic carbocycles. The van der Waals surface area contributed by atoms with Crippen LogP contribution in [-0.2, 0) is 27.8 Å². The first-order chi connectivity index (χ1) is 9.66. The Labute approximate surface area is 124 Å². The van der Waals surface area contributed by atoms with E-state index in [2.05, 4.69) is 25.3 Å². The highest BCUT2D eigenvalue weighted by Crippen LogP contribution is 2.12. The molecule has 0 saturated carbocycles. The summed E-state index contributed by atoms with van der Waals surface area (Å²) in [6, 6.07) is -0.352. The number of imidazole rings is 1. The molecule has 1 aromatic heterocycles. The first-order valence-electron chi connectivity index (χ1n) is 6.67. The molecule has 118 valence electrons. The SMILES string of the molecule is CC(C)(CNC(=O)C1Cc2nc[nH]c2CN1)NS(C)(=O)=O. The number of rotatable bonds is 5. The van der Waals surface area contributed by atoms with Crippen LogP contribution < -0.4 is 15.4 Å². The maximum Gasteiger partial charge on any atom is 0.237 e. The first kappa shape index (κ1) is 15.9. The summed E-state index contributed by atoms with van der Waals surface area (Å²) in [5, 5.41) is 5.90. The summed E-state index contributed by atoms with van der Waals surface area (Å²) in [4.78, 5) is 19.3. The molecule has 0 aromatic carbocycles. The van der Waals surface area contributed by atoms with Gasteiger partial charge in [0.1, 0.15) is 0 Å². The number of sulfonamides is 1. The number of H-pyrrole nitrogens is 1. The van der Waals surface area contributed by atoms with Gasteiger partial charge in [-0.15, -0.1) is 0 Å². The van der Waals surface area contributed by atoms with Crippen LogP contribution in [0.4, 0.5) is 0 Å². The average Bonchev–Trinajstić information content (AvgIpc) is 2.80. The zero-order valence-corrected chi connectivity index (χ0v) is 13.2. The van der Waals surface area contributed by atoms with Crippen molar-refractivity contribution < 1.29 is 13.2 Å². The second-order valence-corrected chi connectivity index (χ2v) is 7.69. The minimum absolute atomic E-state index is 0.160. The molecule has 0 radical (unpaired) electrons. The van der Waals surface area contributed by atoms with E-state index >= 15 is 0 Å². The number of hydrogen-bond donors (Lipinski definition) is 4. The minimum atomic E-state index is -3.32. The number of carbonyl (C=O) groups is 1. The van der Waals surface area contributed by atoms with E-state index in [0.717, 1.165) is 17.6 Å². The summed E-state index contributed by atoms with van der Waals surface area (Å²) < 4.78 is 25.0. The molecule has 0 bridgehead atoms. The fourth-order valence-corrected chi connectivity index (χ4v) is 3.40. The summed E-state index contributed by atoms with van der Waals surface area (Å²) in [6.07, 6.45) is 3.23. The standard InChI is InChI=1S/C12H21N5O3S/c1-12(2,17-21(3,19)20)6-14-11(18)9-4-8-10(5-13-9)16-7-15-8/h7,9,13,17H,4-6H2,1-3H3,(H,14,18)(H,15,16). The third-order valence-electron chi connectivity index (χ3n) is 3.21. The Hall–Kier alpha value is -1.45. The lowest BCUT2D eigenvalue weighted by molar-refractivity contribution is -0.123. The van der Waals surface area contributed by atoms with Crippen LogP contribution in [0, 0.1) is 0 Å². The number of carbonyl (C=O) groups excluding carboxylic acids is 1. The van der Waals surface area contributed by atoms with Gasteiger partial charge in [0.05, 0.1) is 30.0 Å². The molecule has 9 heteroatoms. The smallest absolute Gasteiger partial charge is 0.237 e. The Morgan fingerprint density at radius 1 is 1.52 bits per heavy atom. The van der Waals surface area contributed by atoms with Crippen LogP contribution in [-0.4, -0.2) is 48.7 Å². The van der Waals surface area contributed by atoms with Crippen LogP contribution >= 0.6 is 0 Å². The van der Waals surface area contributed by atoms with E-state index in [4.69, 9.17) is 0 Å². The Morgan fingerprint density at radius 3 is 2.90 bits per heavy atom. The molecular weight excluding hydrogens is 294 g/mol. The normalized spacial score (nSPS) is 19.1. The van der Waals surface area contributed by atoms with Gasteiger partial charge in [0.15, 0.2) is 0 Å². The number of nitrogens with zero attached hydrogens (tertiary/aromatic N) is 1. The Balaban J connectivity index is 1.88. The number of fused-ring (bicyclic) bond motifs is 1. The van der Waals surface area contributed by atoms with Gasteiger partial charge in [0.25, 0.3) is 0 Å². The highest BCUT2D eigenvalue weighted by molar-refractivity contribution is 7.88. The lowest BCUT2D eigenvalue weighted by atomic mass is 10.0. The maximum atomic E-state index is 12.2. The van der Waals surface area contributed by atoms with Crippen molar-refractivity contribution in [1.82, 2.24) is 25.3 Å². The van der Waals surface area contributed by atoms with Crippen LogP contribution in [0.3, 0.4) is 0 Å². The van der Waals surface area contributed by atoms with Gasteiger partial charge < -0.3 is 10.3 Å². The Morgan fingerprint density at radius 2 is 2.24 bits per heavy atom. The molecule has 4 N–H and O–H groups in total. The van der Waals surface area contributed by atoms with Crippen molar-refractivity contribution in [2.75, 3.05) is 12.8 Å². The molecular formula is C12H21N5O3S. The second-order valence-electron chi connectivity index (χ2n) is 5.94. The maximum absolute atomic E-state index is 12.2. The molecule has 0 fully saturated rings. The molecule has 8 nitrogen and oxygen atoms in total. The number of aromatic nitrogens is 2. The van der Waals surface area contributed by atoms with Gasteiger partial charge in [-0.3, -0.25) is 10.1 Å². The van der Waals surface area contributed by atoms with Crippen LogP contribution in [0.15, 0.2) is 6.33 Å². The molecule has 2 rings (SSSR count). The molecule has 1 atom stereocenters. The zero-order valence-electron chi connectivity index (χ0n) is 12.4. The Bertz CT molecular complexity index is 623. The van der Waals surface area contributed by atoms with Crippen LogP contribution in [0.2, 0.25) is 0 Å². The third kappa shape index (κ3) is 4.51. The van der Waals surface area contributed by atoms with Gasteiger partial charge in [-0.1, -0.05) is 0 Å². The monoisotopic (exact) mass is 315 g/mol. The second kappa shape index (κ2) is 5.74. The number of amides is 1. The summed E-state index contributed by atoms with van der Waals surface area (Å²) in [7, 11) is -3.32. The van der Waals surface area contributed by atoms with Gasteiger partial charge in [-0.25, -0.2) is 18.1 Å². The zero-order chi connectivity index (χ0) is 15.7. The molecule has 1 unspecified atom stereocenters. The molecule has 0 spiro atoms. The van der Waals surface area contributed by atoms with Gasteiger partial charge in [0, 0.05) is 25.0 Å². The van der Waals surface area contributed by atoms with Crippen molar-refractivity contribution in [3.05, 3.63) is 17.7 Å². The molecule has 1 aliphatic rings. The van der Waals surface area contributed by atoms with Crippen molar-refractivity contribution in [2.24, 2.45) is 0 Å². The van der Waals surface area contributed by atoms with Crippen LogP contribution in [0.25, 0.3) is 0 Å². The van der Waals surface area contributed by atoms with E-state index in [0.29, 0.717) is 13.0 Å². The highest BCUT2D eigenvalue weighted by atomic mass is 32.2. The molecule has 1 aromatic rings. The Kier molecular flexibility index (Phi) is 4.35. The molecule has 0 saturated heterocycles. The van der Waals surface area contributed by atoms with Gasteiger partial charge >= 0.3 is 0 Å². The third-order valence-corrected chi connectivity index (χ3v) is 4.14. The van der Waals surface area contributed by atoms with E-state index in [1.165, 1.54) is 0 Å². The lowest BCUT2D eigenvalue weighted by Gasteiger charge is -2.28. The number of hydrogen-bond acceptors (Lipinski definition) is 5. The highest BCUT2D eigenvalue weighted by Gasteiger charge is 2.28. The fraction of sp³-hybridized carbons (Fsp3) is 0.667. The quantitative estimate of drug-likeness (QED) is 0.548. The minimum Gasteiger partial charge on any atom is -0.353 e. The largest absolute Gasteiger partial charge is 0.353 e. The summed E-state index contributed by atoms with van der Waals surface area (Å²) in [5.74, 6) is -0.160. The van der Waals surface area contributed by atoms with Crippen LogP contribution in [0.1, 0.15) is 25.2 Å². The van der Waals surface area contributed by atoms with Crippen molar-refractivity contribution in [2.45, 2.75) is 38.4 Å². The van der Waals surface area contributed by atoms with Gasteiger partial charge in [0.2, 0.25) is 15.9 Å². The number of aromatic amines is 1. The van der Waals surface area contributed by atoms with E-state index < -0.39 is 15.6 Å². The summed E-state index contributed by atoms with van der Waals surface area (Å²) in [5.41, 5.74) is 1.15. The molecule has 21 heavy (non-hydrogen) atoms. The fourth-order valence-electron chi connectivity index (χ4n) is 2.32. The number of nitrogens with one attached hydrogen (secondary N) is 4. The van der Waals surface area contributed by atoms with Crippen molar-refractivity contribution in [3.63, 3.8) is 0 Å². The topological polar surface area (TPSA) is 116 Å². The average molecular weight is 315 g/mol. The predicted octanol–water partition coefficient (Wildman–Crippen LogP) is -1.13. The summed E-state index contributed by atoms with van der Waals surface area (Å²) >= 11 is 0.